The van der Waals surface area contributed by atoms with E-state index in [2.05, 4.69) is 0 Å². The van der Waals surface area contributed by atoms with Gasteiger partial charge in [-0.2, -0.15) is 13.2 Å². The molecule has 1 fully saturated rings. The molecular weight excluding hydrogens is 335 g/mol. The Morgan fingerprint density at radius 1 is 1.20 bits per heavy atom. The van der Waals surface area contributed by atoms with E-state index in [1.54, 1.807) is 18.2 Å². The van der Waals surface area contributed by atoms with Gasteiger partial charge in [0.25, 0.3) is 0 Å². The third-order valence-corrected chi connectivity index (χ3v) is 4.53. The predicted molar refractivity (Wildman–Crippen MR) is 87.9 cm³/mol. The molecule has 0 radical (unpaired) electrons. The van der Waals surface area contributed by atoms with Gasteiger partial charge in [0.05, 0.1) is 14.2 Å². The lowest BCUT2D eigenvalue weighted by Gasteiger charge is -2.30. The highest BCUT2D eigenvalue weighted by molar-refractivity contribution is 5.77. The van der Waals surface area contributed by atoms with E-state index >= 15 is 0 Å². The third-order valence-electron chi connectivity index (χ3n) is 4.53. The number of hydrogen-bond donors (Lipinski definition) is 0. The molecule has 0 unspecified atom stereocenters. The van der Waals surface area contributed by atoms with Crippen LogP contribution in [0, 0.1) is 0 Å². The molecule has 140 valence electrons. The number of alkyl halides is 3. The Labute approximate surface area is 145 Å². The van der Waals surface area contributed by atoms with Gasteiger partial charge in [-0.1, -0.05) is 25.0 Å². The summed E-state index contributed by atoms with van der Waals surface area (Å²) in [6, 6.07) is 4.99. The average Bonchev–Trinajstić information content (AvgIpc) is 3.10. The van der Waals surface area contributed by atoms with E-state index in [1.165, 1.54) is 14.2 Å². The maximum Gasteiger partial charge on any atom is 0.406 e. The smallest absolute Gasteiger partial charge is 0.406 e. The van der Waals surface area contributed by atoms with Gasteiger partial charge in [0.2, 0.25) is 5.91 Å². The van der Waals surface area contributed by atoms with E-state index in [1.807, 2.05) is 0 Å². The molecule has 0 saturated heterocycles. The van der Waals surface area contributed by atoms with Crippen molar-refractivity contribution in [1.82, 2.24) is 4.90 Å². The van der Waals surface area contributed by atoms with Crippen LogP contribution in [-0.2, 0) is 11.2 Å². The molecule has 1 aliphatic rings. The van der Waals surface area contributed by atoms with Gasteiger partial charge in [0.1, 0.15) is 6.54 Å². The summed E-state index contributed by atoms with van der Waals surface area (Å²) in [4.78, 5) is 13.5. The molecule has 2 rings (SSSR count). The van der Waals surface area contributed by atoms with Gasteiger partial charge in [0, 0.05) is 12.5 Å². The summed E-state index contributed by atoms with van der Waals surface area (Å²) in [5, 5.41) is 0. The van der Waals surface area contributed by atoms with Crippen LogP contribution in [0.4, 0.5) is 13.2 Å². The van der Waals surface area contributed by atoms with Crippen LogP contribution in [0.1, 0.15) is 37.7 Å². The van der Waals surface area contributed by atoms with Gasteiger partial charge >= 0.3 is 6.18 Å². The standard InChI is InChI=1S/C18H24F3NO3/c1-24-15-9-5-6-13(17(15)25-2)10-11-16(23)22(12-18(19,20)21)14-7-3-4-8-14/h5-6,9,14H,3-4,7-8,10-12H2,1-2H3. The van der Waals surface area contributed by atoms with Crippen LogP contribution in [0.25, 0.3) is 0 Å². The molecule has 1 aromatic carbocycles. The second-order valence-corrected chi connectivity index (χ2v) is 6.23. The van der Waals surface area contributed by atoms with Crippen LogP contribution < -0.4 is 9.47 Å². The summed E-state index contributed by atoms with van der Waals surface area (Å²) >= 11 is 0. The van der Waals surface area contributed by atoms with Crippen LogP contribution in [0.15, 0.2) is 18.2 Å². The highest BCUT2D eigenvalue weighted by atomic mass is 19.4. The summed E-state index contributed by atoms with van der Waals surface area (Å²) < 4.78 is 49.1. The highest BCUT2D eigenvalue weighted by Gasteiger charge is 2.37. The monoisotopic (exact) mass is 359 g/mol. The number of nitrogens with zero attached hydrogens (tertiary/aromatic N) is 1. The zero-order valence-corrected chi connectivity index (χ0v) is 14.6. The average molecular weight is 359 g/mol. The van der Waals surface area contributed by atoms with Gasteiger partial charge in [0.15, 0.2) is 11.5 Å². The number of benzene rings is 1. The minimum atomic E-state index is -4.38. The second-order valence-electron chi connectivity index (χ2n) is 6.23. The zero-order valence-electron chi connectivity index (χ0n) is 14.6. The van der Waals surface area contributed by atoms with Gasteiger partial charge in [-0.15, -0.1) is 0 Å². The van der Waals surface area contributed by atoms with Crippen molar-refractivity contribution in [3.8, 4) is 11.5 Å². The first-order valence-electron chi connectivity index (χ1n) is 8.42. The predicted octanol–water partition coefficient (Wildman–Crippen LogP) is 3.97. The first-order chi connectivity index (χ1) is 11.9. The maximum absolute atomic E-state index is 12.9. The molecule has 4 nitrogen and oxygen atoms in total. The van der Waals surface area contributed by atoms with Crippen LogP contribution >= 0.6 is 0 Å². The van der Waals surface area contributed by atoms with Gasteiger partial charge in [-0.25, -0.2) is 0 Å². The Bertz CT molecular complexity index is 583. The number of halogens is 3. The number of para-hydroxylation sites is 1. The van der Waals surface area contributed by atoms with Gasteiger partial charge in [-0.3, -0.25) is 4.79 Å². The summed E-state index contributed by atoms with van der Waals surface area (Å²) in [7, 11) is 3.01. The molecular formula is C18H24F3NO3. The number of rotatable bonds is 7. The molecule has 0 aromatic heterocycles. The lowest BCUT2D eigenvalue weighted by Crippen LogP contribution is -2.44. The highest BCUT2D eigenvalue weighted by Crippen LogP contribution is 2.32. The van der Waals surface area contributed by atoms with E-state index in [-0.39, 0.29) is 12.5 Å². The minimum Gasteiger partial charge on any atom is -0.493 e. The number of carbonyl (C=O) groups excluding carboxylic acids is 1. The lowest BCUT2D eigenvalue weighted by molar-refractivity contribution is -0.165. The van der Waals surface area contributed by atoms with Crippen molar-refractivity contribution in [2.75, 3.05) is 20.8 Å². The molecule has 0 N–H and O–H groups in total. The Kier molecular flexibility index (Phi) is 6.56. The van der Waals surface area contributed by atoms with Crippen molar-refractivity contribution in [1.29, 1.82) is 0 Å². The number of methoxy groups -OCH3 is 2. The van der Waals surface area contributed by atoms with Crippen LogP contribution in [0.5, 0.6) is 11.5 Å². The van der Waals surface area contributed by atoms with Crippen molar-refractivity contribution in [3.63, 3.8) is 0 Å². The molecule has 0 heterocycles. The van der Waals surface area contributed by atoms with E-state index < -0.39 is 18.6 Å². The van der Waals surface area contributed by atoms with Crippen molar-refractivity contribution >= 4 is 5.91 Å². The molecule has 0 atom stereocenters. The summed E-state index contributed by atoms with van der Waals surface area (Å²) in [6.07, 6.45) is -1.04. The number of aryl methyl sites for hydroxylation is 1. The third kappa shape index (κ3) is 5.28. The van der Waals surface area contributed by atoms with Gasteiger partial charge in [-0.05, 0) is 30.9 Å². The van der Waals surface area contributed by atoms with Crippen molar-refractivity contribution in [3.05, 3.63) is 23.8 Å². The Morgan fingerprint density at radius 2 is 1.88 bits per heavy atom. The van der Waals surface area contributed by atoms with Crippen molar-refractivity contribution < 1.29 is 27.4 Å². The maximum atomic E-state index is 12.9. The minimum absolute atomic E-state index is 0.0100. The van der Waals surface area contributed by atoms with Crippen molar-refractivity contribution in [2.45, 2.75) is 50.7 Å². The van der Waals surface area contributed by atoms with Crippen molar-refractivity contribution in [2.24, 2.45) is 0 Å². The van der Waals surface area contributed by atoms with E-state index in [0.29, 0.717) is 30.8 Å². The molecule has 7 heteroatoms. The normalized spacial score (nSPS) is 15.2. The molecule has 0 spiro atoms. The van der Waals surface area contributed by atoms with E-state index in [9.17, 15) is 18.0 Å². The molecule has 25 heavy (non-hydrogen) atoms. The van der Waals surface area contributed by atoms with E-state index in [0.717, 1.165) is 23.3 Å². The quantitative estimate of drug-likeness (QED) is 0.739. The first-order valence-corrected chi connectivity index (χ1v) is 8.42. The molecule has 0 aliphatic heterocycles. The SMILES string of the molecule is COc1cccc(CCC(=O)N(CC(F)(F)F)C2CCCC2)c1OC. The molecule has 0 bridgehead atoms. The number of amides is 1. The Hall–Kier alpha value is -1.92. The number of ether oxygens (including phenoxy) is 2. The molecule has 1 aliphatic carbocycles. The summed E-state index contributed by atoms with van der Waals surface area (Å²) in [5.41, 5.74) is 0.744. The number of hydrogen-bond acceptors (Lipinski definition) is 3. The Morgan fingerprint density at radius 3 is 2.44 bits per heavy atom. The fraction of sp³-hybridized carbons (Fsp3) is 0.611. The zero-order chi connectivity index (χ0) is 18.4. The molecule has 1 saturated carbocycles. The first kappa shape index (κ1) is 19.4. The topological polar surface area (TPSA) is 38.8 Å². The van der Waals surface area contributed by atoms with E-state index in [4.69, 9.17) is 9.47 Å². The fourth-order valence-corrected chi connectivity index (χ4v) is 3.37. The number of carbonyl (C=O) groups is 1. The Balaban J connectivity index is 2.08. The van der Waals surface area contributed by atoms with Crippen LogP contribution in [0.2, 0.25) is 0 Å². The largest absolute Gasteiger partial charge is 0.493 e. The molecule has 1 amide bonds. The molecule has 1 aromatic rings. The van der Waals surface area contributed by atoms with Crippen LogP contribution in [0.3, 0.4) is 0 Å². The second kappa shape index (κ2) is 8.45. The fourth-order valence-electron chi connectivity index (χ4n) is 3.37. The lowest BCUT2D eigenvalue weighted by atomic mass is 10.1. The summed E-state index contributed by atoms with van der Waals surface area (Å²) in [6.45, 7) is -1.17. The summed E-state index contributed by atoms with van der Waals surface area (Å²) in [5.74, 6) is 0.588. The van der Waals surface area contributed by atoms with Crippen LogP contribution in [-0.4, -0.2) is 43.8 Å². The van der Waals surface area contributed by atoms with Gasteiger partial charge < -0.3 is 14.4 Å².